The number of carbonyl (C=O) groups is 2. The van der Waals surface area contributed by atoms with Crippen LogP contribution in [-0.2, 0) is 21.0 Å². The summed E-state index contributed by atoms with van der Waals surface area (Å²) < 4.78 is 12.2. The molecule has 3 aromatic rings. The van der Waals surface area contributed by atoms with Gasteiger partial charge in [-0.25, -0.2) is 9.48 Å². The van der Waals surface area contributed by atoms with E-state index in [1.807, 2.05) is 30.3 Å². The zero-order chi connectivity index (χ0) is 28.5. The summed E-state index contributed by atoms with van der Waals surface area (Å²) in [6, 6.07) is 16.3. The average molecular weight is 558 g/mol. The molecule has 0 atom stereocenters. The lowest BCUT2D eigenvalue weighted by Crippen LogP contribution is -2.30. The van der Waals surface area contributed by atoms with Crippen LogP contribution in [0.3, 0.4) is 0 Å². The minimum atomic E-state index is -0.680. The van der Waals surface area contributed by atoms with Crippen LogP contribution in [0.15, 0.2) is 73.4 Å². The van der Waals surface area contributed by atoms with Crippen molar-refractivity contribution >= 4 is 29.4 Å². The first-order valence-corrected chi connectivity index (χ1v) is 13.0. The molecule has 1 N–H and O–H groups in total. The van der Waals surface area contributed by atoms with Gasteiger partial charge in [0, 0.05) is 29.3 Å². The zero-order valence-electron chi connectivity index (χ0n) is 22.4. The minimum absolute atomic E-state index is 0.199. The summed E-state index contributed by atoms with van der Waals surface area (Å²) in [5, 5.41) is 14.4. The number of anilines is 1. The van der Waals surface area contributed by atoms with Gasteiger partial charge in [-0.15, -0.1) is 11.7 Å². The second-order valence-corrected chi connectivity index (χ2v) is 8.86. The van der Waals surface area contributed by atoms with Crippen LogP contribution in [0, 0.1) is 0 Å². The van der Waals surface area contributed by atoms with Gasteiger partial charge in [0.2, 0.25) is 5.88 Å². The van der Waals surface area contributed by atoms with Crippen molar-refractivity contribution in [1.29, 1.82) is 0 Å². The number of nitrogens with zero attached hydrogens (tertiary/aromatic N) is 3. The van der Waals surface area contributed by atoms with Crippen LogP contribution in [0.25, 0.3) is 5.69 Å². The van der Waals surface area contributed by atoms with Gasteiger partial charge in [0.15, 0.2) is 0 Å². The summed E-state index contributed by atoms with van der Waals surface area (Å²) in [4.78, 5) is 27.1. The van der Waals surface area contributed by atoms with Gasteiger partial charge in [0.1, 0.15) is 6.61 Å². The molecule has 0 radical (unpaired) electrons. The number of carboxylic acids is 1. The van der Waals surface area contributed by atoms with Crippen LogP contribution in [0.4, 0.5) is 10.5 Å². The molecule has 1 heterocycles. The third-order valence-electron chi connectivity index (χ3n) is 5.56. The van der Waals surface area contributed by atoms with Gasteiger partial charge in [0.25, 0.3) is 0 Å². The van der Waals surface area contributed by atoms with Gasteiger partial charge >= 0.3 is 12.1 Å². The molecule has 1 aromatic heterocycles. The first-order valence-electron chi connectivity index (χ1n) is 12.7. The Hall–Kier alpha value is -3.82. The van der Waals surface area contributed by atoms with Crippen molar-refractivity contribution in [3.63, 3.8) is 0 Å². The molecule has 0 unspecified atom stereocenters. The van der Waals surface area contributed by atoms with Crippen molar-refractivity contribution < 1.29 is 29.0 Å². The second-order valence-electron chi connectivity index (χ2n) is 8.43. The van der Waals surface area contributed by atoms with E-state index in [1.54, 1.807) is 41.2 Å². The van der Waals surface area contributed by atoms with Crippen molar-refractivity contribution in [2.45, 2.75) is 51.6 Å². The number of aliphatic carboxylic acids is 1. The molecule has 0 spiro atoms. The van der Waals surface area contributed by atoms with Crippen LogP contribution in [0.5, 0.6) is 5.88 Å². The lowest BCUT2D eigenvalue weighted by molar-refractivity contribution is -0.137. The van der Waals surface area contributed by atoms with Crippen molar-refractivity contribution in [3.8, 4) is 11.6 Å². The van der Waals surface area contributed by atoms with E-state index in [2.05, 4.69) is 11.7 Å². The molecular weight excluding hydrogens is 522 g/mol. The molecule has 0 fully saturated rings. The van der Waals surface area contributed by atoms with Crippen molar-refractivity contribution in [2.24, 2.45) is 0 Å². The zero-order valence-corrected chi connectivity index (χ0v) is 23.2. The monoisotopic (exact) mass is 557 g/mol. The van der Waals surface area contributed by atoms with Gasteiger partial charge in [-0.3, -0.25) is 9.63 Å². The number of hydrogen-bond acceptors (Lipinski definition) is 6. The van der Waals surface area contributed by atoms with Crippen molar-refractivity contribution in [1.82, 2.24) is 9.78 Å². The molecule has 1 amide bonds. The number of unbranched alkanes of at least 4 members (excludes halogenated alkanes) is 5. The highest BCUT2D eigenvalue weighted by Gasteiger charge is 2.19. The molecule has 0 aliphatic rings. The fraction of sp³-hybridized carbons (Fsp3) is 0.345. The number of ether oxygens (including phenoxy) is 2. The highest BCUT2D eigenvalue weighted by atomic mass is 35.5. The number of aromatic nitrogens is 2. The Morgan fingerprint density at radius 2 is 1.72 bits per heavy atom. The van der Waals surface area contributed by atoms with E-state index in [-0.39, 0.29) is 6.61 Å². The van der Waals surface area contributed by atoms with Gasteiger partial charge < -0.3 is 14.6 Å². The summed E-state index contributed by atoms with van der Waals surface area (Å²) >= 11 is 5.91. The SMILES string of the molecule is C=CCCCCCCCC(=O)O.COC(=O)N(OC)c1ccccc1COc1ccn(-c2ccc(Cl)cc2)n1. The Balaban J connectivity index is 0.000000377. The smallest absolute Gasteiger partial charge is 0.438 e. The maximum absolute atomic E-state index is 11.9. The molecule has 0 bridgehead atoms. The summed E-state index contributed by atoms with van der Waals surface area (Å²) in [5.74, 6) is -0.233. The quantitative estimate of drug-likeness (QED) is 0.127. The third kappa shape index (κ3) is 11.2. The molecule has 0 saturated heterocycles. The number of amides is 1. The van der Waals surface area contributed by atoms with E-state index >= 15 is 0 Å². The van der Waals surface area contributed by atoms with E-state index in [1.165, 1.54) is 27.1 Å². The van der Waals surface area contributed by atoms with E-state index in [0.717, 1.165) is 42.0 Å². The second kappa shape index (κ2) is 17.6. The molecule has 0 aliphatic heterocycles. The van der Waals surface area contributed by atoms with Gasteiger partial charge in [-0.2, -0.15) is 5.06 Å². The van der Waals surface area contributed by atoms with Crippen molar-refractivity contribution in [3.05, 3.63) is 84.0 Å². The van der Waals surface area contributed by atoms with Gasteiger partial charge in [-0.1, -0.05) is 55.1 Å². The molecule has 0 saturated carbocycles. The largest absolute Gasteiger partial charge is 0.481 e. The topological polar surface area (TPSA) is 103 Å². The molecule has 10 heteroatoms. The normalized spacial score (nSPS) is 10.2. The Bertz CT molecular complexity index is 1170. The fourth-order valence-electron chi connectivity index (χ4n) is 3.55. The molecule has 39 heavy (non-hydrogen) atoms. The molecular formula is C29H36ClN3O6. The standard InChI is InChI=1S/C19H18ClN3O4.C10H18O2/c1-25-19(24)23(26-2)17-6-4-3-5-14(17)13-27-18-11-12-22(21-18)16-9-7-15(20)8-10-16;1-2-3-4-5-6-7-8-9-10(11)12/h3-12H,13H2,1-2H3;2H,1,3-9H2,(H,11,12). The number of hydrogen-bond donors (Lipinski definition) is 1. The van der Waals surface area contributed by atoms with Crippen LogP contribution < -0.4 is 9.80 Å². The van der Waals surface area contributed by atoms with E-state index < -0.39 is 12.1 Å². The Morgan fingerprint density at radius 1 is 1.03 bits per heavy atom. The lowest BCUT2D eigenvalue weighted by atomic mass is 10.1. The van der Waals surface area contributed by atoms with Gasteiger partial charge in [-0.05, 0) is 49.6 Å². The fourth-order valence-corrected chi connectivity index (χ4v) is 3.68. The predicted molar refractivity (Wildman–Crippen MR) is 151 cm³/mol. The van der Waals surface area contributed by atoms with Crippen LogP contribution in [0.2, 0.25) is 5.02 Å². The lowest BCUT2D eigenvalue weighted by Gasteiger charge is -2.20. The van der Waals surface area contributed by atoms with Crippen LogP contribution >= 0.6 is 11.6 Å². The van der Waals surface area contributed by atoms with Crippen LogP contribution in [-0.4, -0.2) is 41.2 Å². The average Bonchev–Trinajstić information content (AvgIpc) is 3.42. The maximum atomic E-state index is 11.9. The third-order valence-corrected chi connectivity index (χ3v) is 5.82. The number of allylic oxidation sites excluding steroid dienone is 1. The number of hydroxylamine groups is 1. The highest BCUT2D eigenvalue weighted by molar-refractivity contribution is 6.30. The van der Waals surface area contributed by atoms with Crippen molar-refractivity contribution in [2.75, 3.05) is 19.3 Å². The molecule has 0 aliphatic carbocycles. The Kier molecular flexibility index (Phi) is 14.2. The number of carboxylic acid groups (broad SMARTS) is 1. The predicted octanol–water partition coefficient (Wildman–Crippen LogP) is 7.23. The summed E-state index contributed by atoms with van der Waals surface area (Å²) in [7, 11) is 2.68. The number of carbonyl (C=O) groups excluding carboxylic acids is 1. The van der Waals surface area contributed by atoms with Crippen LogP contribution in [0.1, 0.15) is 50.5 Å². The first kappa shape index (κ1) is 31.4. The Labute approximate surface area is 234 Å². The van der Waals surface area contributed by atoms with Gasteiger partial charge in [0.05, 0.1) is 25.6 Å². The molecule has 2 aromatic carbocycles. The number of para-hydroxylation sites is 1. The maximum Gasteiger partial charge on any atom is 0.438 e. The number of rotatable bonds is 14. The molecule has 9 nitrogen and oxygen atoms in total. The van der Waals surface area contributed by atoms with E-state index in [9.17, 15) is 9.59 Å². The summed E-state index contributed by atoms with van der Waals surface area (Å²) in [6.45, 7) is 3.84. The number of methoxy groups -OCH3 is 1. The summed E-state index contributed by atoms with van der Waals surface area (Å²) in [5.41, 5.74) is 2.14. The number of halogens is 1. The first-order chi connectivity index (χ1) is 18.9. The Morgan fingerprint density at radius 3 is 2.38 bits per heavy atom. The highest BCUT2D eigenvalue weighted by Crippen LogP contribution is 2.23. The summed E-state index contributed by atoms with van der Waals surface area (Å²) in [6.07, 6.45) is 9.91. The molecule has 3 rings (SSSR count). The molecule has 210 valence electrons. The number of benzene rings is 2. The van der Waals surface area contributed by atoms with E-state index in [0.29, 0.717) is 23.0 Å². The minimum Gasteiger partial charge on any atom is -0.481 e. The van der Waals surface area contributed by atoms with E-state index in [4.69, 9.17) is 31.0 Å².